The molecule has 0 saturated heterocycles. The van der Waals surface area contributed by atoms with Gasteiger partial charge in [0.2, 0.25) is 0 Å². The highest BCUT2D eigenvalue weighted by Gasteiger charge is 2.29. The first kappa shape index (κ1) is 36.3. The Labute approximate surface area is 316 Å². The predicted octanol–water partition coefficient (Wildman–Crippen LogP) is 10.8. The van der Waals surface area contributed by atoms with E-state index in [1.807, 2.05) is 9.80 Å². The SMILES string of the molecule is c1ccc2c(-c3c(C[NH+](CC4CCCCC4)CC4CCCCC4)ccc4ccccc34)c(C[NH+](CC3CCCCC3)CC3CCCCC3)ccc2c1. The minimum absolute atomic E-state index is 0.904. The van der Waals surface area contributed by atoms with Gasteiger partial charge in [0.25, 0.3) is 0 Å². The molecule has 0 heterocycles. The largest absolute Gasteiger partial charge is 0.331 e. The van der Waals surface area contributed by atoms with E-state index in [9.17, 15) is 0 Å². The van der Waals surface area contributed by atoms with Crippen LogP contribution in [0.15, 0.2) is 72.8 Å². The Bertz CT molecular complexity index is 1530. The van der Waals surface area contributed by atoms with Crippen LogP contribution in [0.4, 0.5) is 0 Å². The zero-order chi connectivity index (χ0) is 35.0. The summed E-state index contributed by atoms with van der Waals surface area (Å²) < 4.78 is 0. The topological polar surface area (TPSA) is 8.88 Å². The minimum Gasteiger partial charge on any atom is -0.331 e. The van der Waals surface area contributed by atoms with Gasteiger partial charge in [-0.2, -0.15) is 0 Å². The average molecular weight is 699 g/mol. The Morgan fingerprint density at radius 1 is 0.346 bits per heavy atom. The zero-order valence-corrected chi connectivity index (χ0v) is 32.6. The van der Waals surface area contributed by atoms with Crippen molar-refractivity contribution in [2.75, 3.05) is 26.2 Å². The smallest absolute Gasteiger partial charge is 0.103 e. The molecule has 0 aliphatic heterocycles. The zero-order valence-electron chi connectivity index (χ0n) is 32.6. The molecule has 4 saturated carbocycles. The second-order valence-corrected chi connectivity index (χ2v) is 18.3. The van der Waals surface area contributed by atoms with Gasteiger partial charge in [0.05, 0.1) is 26.2 Å². The maximum Gasteiger partial charge on any atom is 0.103 e. The van der Waals surface area contributed by atoms with Gasteiger partial charge >= 0.3 is 0 Å². The van der Waals surface area contributed by atoms with Gasteiger partial charge in [-0.25, -0.2) is 0 Å². The molecule has 0 amide bonds. The van der Waals surface area contributed by atoms with Crippen molar-refractivity contribution in [3.63, 3.8) is 0 Å². The van der Waals surface area contributed by atoms with E-state index in [0.29, 0.717) is 0 Å². The van der Waals surface area contributed by atoms with Crippen molar-refractivity contribution in [1.29, 1.82) is 0 Å². The lowest BCUT2D eigenvalue weighted by Crippen LogP contribution is -3.12. The first-order valence-electron chi connectivity index (χ1n) is 22.5. The fraction of sp³-hybridized carbons (Fsp3) is 0.600. The molecule has 2 nitrogen and oxygen atoms in total. The fourth-order valence-corrected chi connectivity index (χ4v) is 11.7. The van der Waals surface area contributed by atoms with Crippen molar-refractivity contribution >= 4 is 21.5 Å². The number of rotatable bonds is 13. The molecule has 4 aliphatic rings. The fourth-order valence-electron chi connectivity index (χ4n) is 11.7. The first-order chi connectivity index (χ1) is 25.8. The molecule has 2 N–H and O–H groups in total. The highest BCUT2D eigenvalue weighted by Crippen LogP contribution is 2.39. The molecule has 278 valence electrons. The highest BCUT2D eigenvalue weighted by molar-refractivity contribution is 6.07. The molecule has 0 unspecified atom stereocenters. The van der Waals surface area contributed by atoms with E-state index in [-0.39, 0.29) is 0 Å². The lowest BCUT2D eigenvalue weighted by atomic mass is 9.84. The van der Waals surface area contributed by atoms with E-state index < -0.39 is 0 Å². The molecule has 4 aliphatic carbocycles. The van der Waals surface area contributed by atoms with Gasteiger partial charge in [-0.3, -0.25) is 0 Å². The van der Waals surface area contributed by atoms with Gasteiger partial charge in [-0.1, -0.05) is 150 Å². The first-order valence-corrected chi connectivity index (χ1v) is 22.5. The van der Waals surface area contributed by atoms with Gasteiger partial charge in [-0.15, -0.1) is 0 Å². The standard InChI is InChI=1S/C50H68N2/c1-5-17-39(18-6-1)33-51(34-40-19-7-2-8-20-40)37-45-31-29-43-25-13-15-27-47(43)49(45)50-46(32-30-44-26-14-16-28-48(44)50)38-52(35-41-21-9-3-10-22-41)36-42-23-11-4-12-24-42/h13-16,25-32,39-42H,1-12,17-24,33-38H2/p+2. The molecule has 8 rings (SSSR count). The van der Waals surface area contributed by atoms with E-state index in [1.54, 1.807) is 22.3 Å². The van der Waals surface area contributed by atoms with E-state index in [2.05, 4.69) is 72.8 Å². The predicted molar refractivity (Wildman–Crippen MR) is 222 cm³/mol. The third-order valence-corrected chi connectivity index (χ3v) is 14.4. The molecule has 0 bridgehead atoms. The molecule has 0 aromatic heterocycles. The van der Waals surface area contributed by atoms with Crippen LogP contribution in [0.25, 0.3) is 32.7 Å². The minimum atomic E-state index is 0.904. The summed E-state index contributed by atoms with van der Waals surface area (Å²) in [6.45, 7) is 7.79. The molecule has 0 radical (unpaired) electrons. The van der Waals surface area contributed by atoms with E-state index in [0.717, 1.165) is 36.8 Å². The number of fused-ring (bicyclic) bond motifs is 2. The number of hydrogen-bond acceptors (Lipinski definition) is 0. The van der Waals surface area contributed by atoms with Crippen molar-refractivity contribution in [3.8, 4) is 11.1 Å². The monoisotopic (exact) mass is 699 g/mol. The van der Waals surface area contributed by atoms with Crippen LogP contribution < -0.4 is 9.80 Å². The Balaban J connectivity index is 1.20. The second-order valence-electron chi connectivity index (χ2n) is 18.3. The summed E-state index contributed by atoms with van der Waals surface area (Å²) in [5.41, 5.74) is 6.31. The van der Waals surface area contributed by atoms with E-state index in [4.69, 9.17) is 0 Å². The maximum atomic E-state index is 2.57. The van der Waals surface area contributed by atoms with Crippen molar-refractivity contribution in [1.82, 2.24) is 0 Å². The van der Waals surface area contributed by atoms with Gasteiger partial charge < -0.3 is 9.80 Å². The maximum absolute atomic E-state index is 2.57. The van der Waals surface area contributed by atoms with Crippen LogP contribution in [0.1, 0.15) is 140 Å². The molecule has 52 heavy (non-hydrogen) atoms. The third-order valence-electron chi connectivity index (χ3n) is 14.4. The highest BCUT2D eigenvalue weighted by atomic mass is 15.1. The molecule has 4 fully saturated rings. The lowest BCUT2D eigenvalue weighted by Gasteiger charge is -2.33. The van der Waals surface area contributed by atoms with E-state index in [1.165, 1.54) is 176 Å². The van der Waals surface area contributed by atoms with Gasteiger partial charge in [0, 0.05) is 34.8 Å². The Kier molecular flexibility index (Phi) is 12.6. The summed E-state index contributed by atoms with van der Waals surface area (Å²) in [6, 6.07) is 28.8. The van der Waals surface area contributed by atoms with Crippen molar-refractivity contribution in [3.05, 3.63) is 83.9 Å². The van der Waals surface area contributed by atoms with Crippen LogP contribution in [0.3, 0.4) is 0 Å². The Hall–Kier alpha value is -2.68. The Morgan fingerprint density at radius 3 is 0.981 bits per heavy atom. The van der Waals surface area contributed by atoms with Crippen molar-refractivity contribution < 1.29 is 9.80 Å². The Morgan fingerprint density at radius 2 is 0.654 bits per heavy atom. The molecular weight excluding hydrogens is 629 g/mol. The number of benzene rings is 4. The summed E-state index contributed by atoms with van der Waals surface area (Å²) in [4.78, 5) is 3.75. The van der Waals surface area contributed by atoms with Gasteiger partial charge in [0.1, 0.15) is 13.1 Å². The van der Waals surface area contributed by atoms with Crippen LogP contribution in [0.5, 0.6) is 0 Å². The second kappa shape index (κ2) is 18.1. The van der Waals surface area contributed by atoms with E-state index >= 15 is 0 Å². The summed E-state index contributed by atoms with van der Waals surface area (Å²) >= 11 is 0. The number of hydrogen-bond donors (Lipinski definition) is 2. The molecule has 0 spiro atoms. The third kappa shape index (κ3) is 9.15. The molecule has 4 aromatic rings. The van der Waals surface area contributed by atoms with Crippen LogP contribution in [0, 0.1) is 23.7 Å². The number of quaternary nitrogens is 2. The summed E-state index contributed by atoms with van der Waals surface area (Å²) in [6.07, 6.45) is 29.0. The number of nitrogens with one attached hydrogen (secondary N) is 2. The quantitative estimate of drug-likeness (QED) is 0.138. The van der Waals surface area contributed by atoms with Crippen LogP contribution in [-0.4, -0.2) is 26.2 Å². The molecule has 2 heteroatoms. The van der Waals surface area contributed by atoms with Gasteiger partial charge in [-0.05, 0) is 84.0 Å². The van der Waals surface area contributed by atoms with Crippen molar-refractivity contribution in [2.24, 2.45) is 23.7 Å². The van der Waals surface area contributed by atoms with Crippen molar-refractivity contribution in [2.45, 2.75) is 142 Å². The van der Waals surface area contributed by atoms with Crippen LogP contribution >= 0.6 is 0 Å². The normalized spacial score (nSPS) is 20.4. The summed E-state index contributed by atoms with van der Waals surface area (Å²) in [5.74, 6) is 3.62. The molecule has 0 atom stereocenters. The summed E-state index contributed by atoms with van der Waals surface area (Å²) in [7, 11) is 0. The average Bonchev–Trinajstić information content (AvgIpc) is 3.19. The van der Waals surface area contributed by atoms with Crippen LogP contribution in [-0.2, 0) is 13.1 Å². The molecule has 4 aromatic carbocycles. The van der Waals surface area contributed by atoms with Crippen LogP contribution in [0.2, 0.25) is 0 Å². The summed E-state index contributed by atoms with van der Waals surface area (Å²) in [5, 5.41) is 5.73. The van der Waals surface area contributed by atoms with Gasteiger partial charge in [0.15, 0.2) is 0 Å². The lowest BCUT2D eigenvalue weighted by molar-refractivity contribution is -0.921. The molecular formula is C50H70N2+2.